The molecule has 0 aliphatic carbocycles. The van der Waals surface area contributed by atoms with Gasteiger partial charge in [-0.2, -0.15) is 5.10 Å². The number of methoxy groups -OCH3 is 2. The van der Waals surface area contributed by atoms with Gasteiger partial charge in [-0.05, 0) is 35.9 Å². The molecule has 2 aromatic carbocycles. The molecule has 1 aromatic heterocycles. The van der Waals surface area contributed by atoms with Crippen LogP contribution in [0.4, 0.5) is 0 Å². The van der Waals surface area contributed by atoms with Gasteiger partial charge in [-0.1, -0.05) is 6.07 Å². The van der Waals surface area contributed by atoms with E-state index >= 15 is 0 Å². The highest BCUT2D eigenvalue weighted by molar-refractivity contribution is 5.80. The summed E-state index contributed by atoms with van der Waals surface area (Å²) in [6.45, 7) is 0.362. The van der Waals surface area contributed by atoms with Crippen LogP contribution in [0.2, 0.25) is 0 Å². The Morgan fingerprint density at radius 1 is 1.08 bits per heavy atom. The molecule has 0 bridgehead atoms. The third kappa shape index (κ3) is 4.35. The van der Waals surface area contributed by atoms with Crippen LogP contribution in [-0.4, -0.2) is 35.3 Å². The molecule has 3 aromatic rings. The van der Waals surface area contributed by atoms with Crippen molar-refractivity contribution in [3.05, 3.63) is 66.2 Å². The molecule has 0 saturated heterocycles. The number of hydrogen-bond donors (Lipinski definition) is 0. The Morgan fingerprint density at radius 2 is 1.96 bits per heavy atom. The van der Waals surface area contributed by atoms with E-state index in [1.165, 1.54) is 17.4 Å². The lowest BCUT2D eigenvalue weighted by atomic mass is 10.1. The van der Waals surface area contributed by atoms with Gasteiger partial charge >= 0.3 is 0 Å². The van der Waals surface area contributed by atoms with Crippen LogP contribution in [0.15, 0.2) is 60.2 Å². The van der Waals surface area contributed by atoms with Gasteiger partial charge in [0.1, 0.15) is 36.5 Å². The van der Waals surface area contributed by atoms with Gasteiger partial charge in [-0.25, -0.2) is 4.98 Å². The fourth-order valence-electron chi connectivity index (χ4n) is 2.23. The minimum absolute atomic E-state index is 0.362. The predicted molar refractivity (Wildman–Crippen MR) is 93.3 cm³/mol. The van der Waals surface area contributed by atoms with Crippen molar-refractivity contribution < 1.29 is 14.2 Å². The van der Waals surface area contributed by atoms with Crippen molar-refractivity contribution >= 4 is 6.21 Å². The van der Waals surface area contributed by atoms with Gasteiger partial charge < -0.3 is 14.2 Å². The molecule has 0 amide bonds. The van der Waals surface area contributed by atoms with Gasteiger partial charge in [0.2, 0.25) is 0 Å². The second kappa shape index (κ2) is 7.96. The molecular formula is C18H18N4O3. The minimum Gasteiger partial charge on any atom is -0.497 e. The molecular weight excluding hydrogens is 320 g/mol. The van der Waals surface area contributed by atoms with E-state index in [9.17, 15) is 0 Å². The van der Waals surface area contributed by atoms with Crippen molar-refractivity contribution in [2.24, 2.45) is 5.10 Å². The van der Waals surface area contributed by atoms with Crippen molar-refractivity contribution in [3.8, 4) is 17.2 Å². The van der Waals surface area contributed by atoms with Gasteiger partial charge in [-0.15, -0.1) is 9.89 Å². The molecule has 25 heavy (non-hydrogen) atoms. The van der Waals surface area contributed by atoms with E-state index in [1.54, 1.807) is 20.4 Å². The van der Waals surface area contributed by atoms with Crippen LogP contribution in [-0.2, 0) is 6.61 Å². The molecule has 3 rings (SSSR count). The van der Waals surface area contributed by atoms with E-state index in [-0.39, 0.29) is 0 Å². The van der Waals surface area contributed by atoms with E-state index in [2.05, 4.69) is 15.2 Å². The summed E-state index contributed by atoms with van der Waals surface area (Å²) in [6, 6.07) is 13.2. The summed E-state index contributed by atoms with van der Waals surface area (Å²) < 4.78 is 16.5. The van der Waals surface area contributed by atoms with Crippen LogP contribution in [0, 0.1) is 0 Å². The molecule has 7 heteroatoms. The number of rotatable bonds is 7. The van der Waals surface area contributed by atoms with Crippen LogP contribution in [0.25, 0.3) is 0 Å². The first kappa shape index (κ1) is 16.5. The number of aromatic nitrogens is 3. The van der Waals surface area contributed by atoms with Gasteiger partial charge in [0.25, 0.3) is 0 Å². The Balaban J connectivity index is 1.75. The highest BCUT2D eigenvalue weighted by Crippen LogP contribution is 2.24. The lowest BCUT2D eigenvalue weighted by molar-refractivity contribution is 0.294. The summed E-state index contributed by atoms with van der Waals surface area (Å²) >= 11 is 0. The fourth-order valence-corrected chi connectivity index (χ4v) is 2.23. The second-order valence-corrected chi connectivity index (χ2v) is 5.10. The van der Waals surface area contributed by atoms with Crippen molar-refractivity contribution in [3.63, 3.8) is 0 Å². The van der Waals surface area contributed by atoms with E-state index in [1.807, 2.05) is 42.5 Å². The lowest BCUT2D eigenvalue weighted by Crippen LogP contribution is -2.00. The summed E-state index contributed by atoms with van der Waals surface area (Å²) in [5.74, 6) is 2.22. The highest BCUT2D eigenvalue weighted by Gasteiger charge is 2.06. The minimum atomic E-state index is 0.362. The number of ether oxygens (including phenoxy) is 3. The molecule has 0 atom stereocenters. The first-order chi connectivity index (χ1) is 12.3. The molecule has 0 aliphatic heterocycles. The first-order valence-electron chi connectivity index (χ1n) is 7.61. The van der Waals surface area contributed by atoms with Crippen molar-refractivity contribution in [1.29, 1.82) is 0 Å². The van der Waals surface area contributed by atoms with Gasteiger partial charge in [0.05, 0.1) is 20.4 Å². The van der Waals surface area contributed by atoms with Crippen LogP contribution >= 0.6 is 0 Å². The molecule has 0 unspecified atom stereocenters. The molecule has 0 saturated carbocycles. The molecule has 7 nitrogen and oxygen atoms in total. The van der Waals surface area contributed by atoms with E-state index in [0.717, 1.165) is 28.4 Å². The summed E-state index contributed by atoms with van der Waals surface area (Å²) in [6.07, 6.45) is 4.65. The van der Waals surface area contributed by atoms with Crippen molar-refractivity contribution in [1.82, 2.24) is 14.9 Å². The molecule has 0 radical (unpaired) electrons. The molecule has 128 valence electrons. The Hall–Kier alpha value is -3.35. The maximum atomic E-state index is 5.85. The van der Waals surface area contributed by atoms with Crippen molar-refractivity contribution in [2.75, 3.05) is 14.2 Å². The Bertz CT molecular complexity index is 847. The third-order valence-corrected chi connectivity index (χ3v) is 3.47. The number of hydrogen-bond acceptors (Lipinski definition) is 6. The van der Waals surface area contributed by atoms with Gasteiger partial charge in [-0.3, -0.25) is 0 Å². The topological polar surface area (TPSA) is 70.8 Å². The lowest BCUT2D eigenvalue weighted by Gasteiger charge is -2.11. The largest absolute Gasteiger partial charge is 0.497 e. The highest BCUT2D eigenvalue weighted by atomic mass is 16.5. The molecule has 0 aliphatic rings. The quantitative estimate of drug-likeness (QED) is 0.620. The smallest absolute Gasteiger partial charge is 0.139 e. The van der Waals surface area contributed by atoms with Crippen LogP contribution in [0.1, 0.15) is 11.1 Å². The average molecular weight is 338 g/mol. The SMILES string of the molecule is COc1cccc(OCc2cc(/C=N/n3cncn3)ccc2OC)c1. The van der Waals surface area contributed by atoms with Crippen molar-refractivity contribution in [2.45, 2.75) is 6.61 Å². The molecule has 1 heterocycles. The van der Waals surface area contributed by atoms with E-state index < -0.39 is 0 Å². The Morgan fingerprint density at radius 3 is 2.72 bits per heavy atom. The number of nitrogens with zero attached hydrogens (tertiary/aromatic N) is 4. The average Bonchev–Trinajstić information content (AvgIpc) is 3.18. The molecule has 0 spiro atoms. The zero-order chi connectivity index (χ0) is 17.5. The zero-order valence-electron chi connectivity index (χ0n) is 14.0. The second-order valence-electron chi connectivity index (χ2n) is 5.10. The van der Waals surface area contributed by atoms with Gasteiger partial charge in [0, 0.05) is 11.6 Å². The van der Waals surface area contributed by atoms with E-state index in [0.29, 0.717) is 6.61 Å². The monoisotopic (exact) mass is 338 g/mol. The Kier molecular flexibility index (Phi) is 5.26. The maximum Gasteiger partial charge on any atom is 0.139 e. The predicted octanol–water partition coefficient (Wildman–Crippen LogP) is 2.76. The standard InChI is InChI=1S/C18H18N4O3/c1-23-16-4-3-5-17(9-16)25-11-15-8-14(6-7-18(15)24-2)10-20-22-13-19-12-21-22/h3-10,12-13H,11H2,1-2H3/b20-10+. The third-order valence-electron chi connectivity index (χ3n) is 3.47. The zero-order valence-corrected chi connectivity index (χ0v) is 14.0. The maximum absolute atomic E-state index is 5.85. The van der Waals surface area contributed by atoms with Gasteiger partial charge in [0.15, 0.2) is 0 Å². The Labute approximate surface area is 145 Å². The summed E-state index contributed by atoms with van der Waals surface area (Å²) in [7, 11) is 3.26. The van der Waals surface area contributed by atoms with Crippen LogP contribution in [0.3, 0.4) is 0 Å². The normalized spacial score (nSPS) is 10.8. The fraction of sp³-hybridized carbons (Fsp3) is 0.167. The summed E-state index contributed by atoms with van der Waals surface area (Å²) in [4.78, 5) is 5.23. The molecule has 0 fully saturated rings. The number of benzene rings is 2. The van der Waals surface area contributed by atoms with E-state index in [4.69, 9.17) is 14.2 Å². The van der Waals surface area contributed by atoms with Crippen LogP contribution < -0.4 is 14.2 Å². The summed E-state index contributed by atoms with van der Waals surface area (Å²) in [5, 5.41) is 8.12. The first-order valence-corrected chi connectivity index (χ1v) is 7.61. The van der Waals surface area contributed by atoms with Crippen LogP contribution in [0.5, 0.6) is 17.2 Å². The molecule has 0 N–H and O–H groups in total. The summed E-state index contributed by atoms with van der Waals surface area (Å²) in [5.41, 5.74) is 1.81.